The molecule has 0 aliphatic heterocycles. The van der Waals surface area contributed by atoms with Gasteiger partial charge < -0.3 is 16.4 Å². The summed E-state index contributed by atoms with van der Waals surface area (Å²) in [6.45, 7) is 8.29. The van der Waals surface area contributed by atoms with E-state index in [4.69, 9.17) is 5.73 Å². The molecule has 166 valence electrons. The van der Waals surface area contributed by atoms with Crippen LogP contribution in [-0.2, 0) is 4.79 Å². The van der Waals surface area contributed by atoms with Crippen molar-refractivity contribution in [2.75, 3.05) is 7.05 Å². The van der Waals surface area contributed by atoms with E-state index in [1.165, 1.54) is 0 Å². The van der Waals surface area contributed by atoms with Gasteiger partial charge in [-0.25, -0.2) is 0 Å². The highest BCUT2D eigenvalue weighted by atomic mass is 16.1. The van der Waals surface area contributed by atoms with Gasteiger partial charge in [0, 0.05) is 36.6 Å². The third kappa shape index (κ3) is 11.2. The van der Waals surface area contributed by atoms with Gasteiger partial charge in [0.15, 0.2) is 0 Å². The second kappa shape index (κ2) is 18.2. The lowest BCUT2D eigenvalue weighted by atomic mass is 10.00. The number of nitrogens with zero attached hydrogens (tertiary/aromatic N) is 1. The molecular weight excluding hydrogens is 372 g/mol. The van der Waals surface area contributed by atoms with Crippen LogP contribution in [0.4, 0.5) is 0 Å². The Bertz CT molecular complexity index is 707. The highest BCUT2D eigenvalue weighted by molar-refractivity contribution is 6.00. The fourth-order valence-corrected chi connectivity index (χ4v) is 2.73. The predicted octanol–water partition coefficient (Wildman–Crippen LogP) is 5.42. The number of unbranched alkanes of at least 4 members (excludes halogenated alkanes) is 1. The van der Waals surface area contributed by atoms with E-state index >= 15 is 0 Å². The van der Waals surface area contributed by atoms with Crippen molar-refractivity contribution in [2.45, 2.75) is 66.2 Å². The summed E-state index contributed by atoms with van der Waals surface area (Å²) >= 11 is 0. The number of aliphatic imine (C=N–C) groups is 1. The number of carbonyl (C=O) groups is 1. The number of allylic oxidation sites excluding steroid dienone is 7. The molecule has 0 saturated carbocycles. The Morgan fingerprint density at radius 1 is 1.10 bits per heavy atom. The lowest BCUT2D eigenvalue weighted by molar-refractivity contribution is -0.108. The minimum atomic E-state index is 0.642. The Hall–Kier alpha value is -2.82. The number of nitrogens with two attached hydrogens (primary N) is 1. The fraction of sp³-hybridized carbons (Fsp3) is 0.440. The van der Waals surface area contributed by atoms with E-state index in [1.807, 2.05) is 26.0 Å². The highest BCUT2D eigenvalue weighted by Gasteiger charge is 2.13. The summed E-state index contributed by atoms with van der Waals surface area (Å²) in [5.41, 5.74) is 10.2. The molecule has 0 bridgehead atoms. The summed E-state index contributed by atoms with van der Waals surface area (Å²) in [4.78, 5) is 15.1. The summed E-state index contributed by atoms with van der Waals surface area (Å²) in [6.07, 6.45) is 22.1. The van der Waals surface area contributed by atoms with Gasteiger partial charge in [-0.2, -0.15) is 0 Å². The van der Waals surface area contributed by atoms with Gasteiger partial charge in [0.2, 0.25) is 6.41 Å². The first-order chi connectivity index (χ1) is 14.6. The third-order valence-electron chi connectivity index (χ3n) is 4.37. The Morgan fingerprint density at radius 2 is 1.87 bits per heavy atom. The van der Waals surface area contributed by atoms with Crippen LogP contribution in [-0.4, -0.2) is 19.3 Å². The summed E-state index contributed by atoms with van der Waals surface area (Å²) in [6, 6.07) is 0. The molecule has 0 rings (SSSR count). The molecule has 0 aliphatic rings. The molecule has 0 heterocycles. The topological polar surface area (TPSA) is 79.5 Å². The summed E-state index contributed by atoms with van der Waals surface area (Å²) in [7, 11) is 1.78. The van der Waals surface area contributed by atoms with Crippen molar-refractivity contribution < 1.29 is 4.79 Å². The van der Waals surface area contributed by atoms with Gasteiger partial charge in [-0.1, -0.05) is 63.1 Å². The SMILES string of the molecule is C/C=C\CC=CC/C(=C\C)NC(=NC)C(CCC)=C(N)C(/C=C/NC=O)=C/CCC. The van der Waals surface area contributed by atoms with Gasteiger partial charge in [0.1, 0.15) is 5.84 Å². The van der Waals surface area contributed by atoms with Crippen LogP contribution in [0, 0.1) is 0 Å². The number of amides is 1. The van der Waals surface area contributed by atoms with Gasteiger partial charge in [-0.15, -0.1) is 0 Å². The molecule has 0 aromatic heterocycles. The van der Waals surface area contributed by atoms with E-state index in [9.17, 15) is 4.79 Å². The number of amidine groups is 1. The molecule has 4 N–H and O–H groups in total. The molecule has 0 radical (unpaired) electrons. The van der Waals surface area contributed by atoms with Crippen molar-refractivity contribution >= 4 is 12.2 Å². The first-order valence-corrected chi connectivity index (χ1v) is 10.8. The van der Waals surface area contributed by atoms with Crippen molar-refractivity contribution in [1.29, 1.82) is 0 Å². The normalized spacial score (nSPS) is 14.6. The second-order valence-electron chi connectivity index (χ2n) is 6.70. The van der Waals surface area contributed by atoms with Crippen LogP contribution in [0.1, 0.15) is 66.2 Å². The third-order valence-corrected chi connectivity index (χ3v) is 4.37. The molecule has 30 heavy (non-hydrogen) atoms. The Labute approximate surface area is 183 Å². The van der Waals surface area contributed by atoms with Crippen molar-refractivity contribution in [3.05, 3.63) is 71.3 Å². The molecule has 0 aromatic rings. The smallest absolute Gasteiger partial charge is 0.211 e. The van der Waals surface area contributed by atoms with Crippen molar-refractivity contribution in [2.24, 2.45) is 10.7 Å². The number of nitrogens with one attached hydrogen (secondary N) is 2. The maximum atomic E-state index is 10.6. The fourth-order valence-electron chi connectivity index (χ4n) is 2.73. The molecule has 0 aliphatic carbocycles. The molecular formula is C25H40N4O. The second-order valence-corrected chi connectivity index (χ2v) is 6.70. The van der Waals surface area contributed by atoms with E-state index in [0.717, 1.165) is 61.2 Å². The van der Waals surface area contributed by atoms with E-state index in [-0.39, 0.29) is 0 Å². The molecule has 5 heteroatoms. The minimum Gasteiger partial charge on any atom is -0.398 e. The van der Waals surface area contributed by atoms with E-state index in [0.29, 0.717) is 12.1 Å². The van der Waals surface area contributed by atoms with Gasteiger partial charge in [-0.05, 0) is 44.8 Å². The Kier molecular flexibility index (Phi) is 16.5. The molecule has 5 nitrogen and oxygen atoms in total. The van der Waals surface area contributed by atoms with Crippen molar-refractivity contribution in [3.8, 4) is 0 Å². The van der Waals surface area contributed by atoms with Crippen LogP contribution in [0.5, 0.6) is 0 Å². The summed E-state index contributed by atoms with van der Waals surface area (Å²) < 4.78 is 0. The van der Waals surface area contributed by atoms with Crippen molar-refractivity contribution in [3.63, 3.8) is 0 Å². The molecule has 1 amide bonds. The summed E-state index contributed by atoms with van der Waals surface area (Å²) in [5.74, 6) is 0.781. The van der Waals surface area contributed by atoms with Gasteiger partial charge in [0.05, 0.1) is 0 Å². The van der Waals surface area contributed by atoms with Crippen LogP contribution in [0.25, 0.3) is 0 Å². The molecule has 0 saturated heterocycles. The van der Waals surface area contributed by atoms with Crippen LogP contribution in [0.15, 0.2) is 76.3 Å². The number of rotatable bonds is 14. The van der Waals surface area contributed by atoms with E-state index < -0.39 is 0 Å². The number of carbonyl (C=O) groups excluding carboxylic acids is 1. The summed E-state index contributed by atoms with van der Waals surface area (Å²) in [5, 5.41) is 6.02. The number of hydrogen-bond donors (Lipinski definition) is 3. The van der Waals surface area contributed by atoms with Gasteiger partial charge in [0.25, 0.3) is 0 Å². The zero-order chi connectivity index (χ0) is 22.6. The highest BCUT2D eigenvalue weighted by Crippen LogP contribution is 2.19. The maximum absolute atomic E-state index is 10.6. The minimum absolute atomic E-state index is 0.642. The monoisotopic (exact) mass is 412 g/mol. The van der Waals surface area contributed by atoms with E-state index in [1.54, 1.807) is 13.2 Å². The lowest BCUT2D eigenvalue weighted by Gasteiger charge is -2.18. The Morgan fingerprint density at radius 3 is 2.43 bits per heavy atom. The zero-order valence-corrected chi connectivity index (χ0v) is 19.4. The van der Waals surface area contributed by atoms with Gasteiger partial charge in [-0.3, -0.25) is 9.79 Å². The Balaban J connectivity index is 5.79. The standard InChI is InChI=1S/C25H40N4O/c1-6-10-12-13-14-17-22(9-4)29-25(27-5)23(15-8-3)24(26)21(16-11-7-2)18-19-28-20-30/h6,9-10,13-14,16,18-20H,7-8,11-12,15,17,26H2,1-5H3,(H,27,29)(H,28,30)/b10-6-,14-13?,19-18+,21-16+,22-9+,24-23?. The van der Waals surface area contributed by atoms with Crippen molar-refractivity contribution in [1.82, 2.24) is 10.6 Å². The maximum Gasteiger partial charge on any atom is 0.211 e. The molecule has 0 fully saturated rings. The molecule has 0 unspecified atom stereocenters. The van der Waals surface area contributed by atoms with Crippen LogP contribution >= 0.6 is 0 Å². The quantitative estimate of drug-likeness (QED) is 0.117. The van der Waals surface area contributed by atoms with Crippen LogP contribution in [0.3, 0.4) is 0 Å². The predicted molar refractivity (Wildman–Crippen MR) is 131 cm³/mol. The largest absolute Gasteiger partial charge is 0.398 e. The molecule has 0 atom stereocenters. The first kappa shape index (κ1) is 27.2. The lowest BCUT2D eigenvalue weighted by Crippen LogP contribution is -2.27. The van der Waals surface area contributed by atoms with Crippen LogP contribution < -0.4 is 16.4 Å². The van der Waals surface area contributed by atoms with Gasteiger partial charge >= 0.3 is 0 Å². The van der Waals surface area contributed by atoms with E-state index in [2.05, 4.69) is 59.9 Å². The average molecular weight is 413 g/mol. The zero-order valence-electron chi connectivity index (χ0n) is 19.4. The molecule has 0 aromatic carbocycles. The number of hydrogen-bond acceptors (Lipinski definition) is 3. The molecule has 0 spiro atoms. The van der Waals surface area contributed by atoms with Crippen LogP contribution in [0.2, 0.25) is 0 Å². The first-order valence-electron chi connectivity index (χ1n) is 10.8. The average Bonchev–Trinajstić information content (AvgIpc) is 2.76.